The third kappa shape index (κ3) is 2.72. The van der Waals surface area contributed by atoms with Gasteiger partial charge < -0.3 is 4.74 Å². The van der Waals surface area contributed by atoms with E-state index in [0.717, 1.165) is 17.0 Å². The zero-order chi connectivity index (χ0) is 13.0. The van der Waals surface area contributed by atoms with Gasteiger partial charge in [0, 0.05) is 0 Å². The minimum atomic E-state index is 0.0843. The van der Waals surface area contributed by atoms with Crippen molar-refractivity contribution in [2.75, 3.05) is 7.11 Å². The number of thiophene rings is 1. The quantitative estimate of drug-likeness (QED) is 0.643. The molecule has 0 spiro atoms. The Balaban J connectivity index is 2.23. The van der Waals surface area contributed by atoms with Gasteiger partial charge in [-0.05, 0) is 35.9 Å². The van der Waals surface area contributed by atoms with Crippen LogP contribution in [0.2, 0.25) is 0 Å². The van der Waals surface area contributed by atoms with E-state index in [1.807, 2.05) is 11.4 Å². The molecule has 0 bridgehead atoms. The number of methoxy groups -OCH3 is 1. The smallest absolute Gasteiger partial charge is 0.134 e. The first-order valence-corrected chi connectivity index (χ1v) is 6.76. The molecule has 0 aliphatic heterocycles. The lowest BCUT2D eigenvalue weighted by atomic mass is 10.0. The summed E-state index contributed by atoms with van der Waals surface area (Å²) in [5.41, 5.74) is 5.47. The third-order valence-electron chi connectivity index (χ3n) is 3.08. The fourth-order valence-electron chi connectivity index (χ4n) is 2.02. The molecule has 2 aromatic rings. The molecule has 0 aliphatic rings. The maximum atomic E-state index is 5.69. The van der Waals surface area contributed by atoms with Gasteiger partial charge >= 0.3 is 0 Å². The number of aryl methyl sites for hydroxylation is 1. The minimum absolute atomic E-state index is 0.0843. The van der Waals surface area contributed by atoms with Gasteiger partial charge in [-0.1, -0.05) is 24.3 Å². The molecule has 0 saturated heterocycles. The number of hydrogen-bond acceptors (Lipinski definition) is 4. The topological polar surface area (TPSA) is 47.3 Å². The van der Waals surface area contributed by atoms with Gasteiger partial charge in [-0.15, -0.1) is 11.3 Å². The highest BCUT2D eigenvalue weighted by Gasteiger charge is 2.17. The first kappa shape index (κ1) is 13.1. The standard InChI is InChI=1S/C14H18N2OS/c1-10-5-3-4-6-11(10)9-12(16-15)14-13(17-2)7-8-18-14/h3-8,12,16H,9,15H2,1-2H3. The second-order valence-corrected chi connectivity index (χ2v) is 5.15. The van der Waals surface area contributed by atoms with Gasteiger partial charge in [0.2, 0.25) is 0 Å². The van der Waals surface area contributed by atoms with E-state index in [1.165, 1.54) is 11.1 Å². The molecule has 0 amide bonds. The van der Waals surface area contributed by atoms with Crippen molar-refractivity contribution in [2.24, 2.45) is 5.84 Å². The van der Waals surface area contributed by atoms with Gasteiger partial charge in [-0.25, -0.2) is 0 Å². The largest absolute Gasteiger partial charge is 0.496 e. The van der Waals surface area contributed by atoms with Crippen molar-refractivity contribution in [1.29, 1.82) is 0 Å². The third-order valence-corrected chi connectivity index (χ3v) is 4.09. The van der Waals surface area contributed by atoms with Crippen molar-refractivity contribution in [3.63, 3.8) is 0 Å². The summed E-state index contributed by atoms with van der Waals surface area (Å²) in [4.78, 5) is 1.14. The van der Waals surface area contributed by atoms with Crippen LogP contribution in [0.1, 0.15) is 22.0 Å². The Morgan fingerprint density at radius 2 is 2.11 bits per heavy atom. The predicted octanol–water partition coefficient (Wildman–Crippen LogP) is 2.81. The molecule has 4 heteroatoms. The van der Waals surface area contributed by atoms with Crippen molar-refractivity contribution in [3.05, 3.63) is 51.7 Å². The molecule has 96 valence electrons. The molecule has 1 heterocycles. The second kappa shape index (κ2) is 6.00. The lowest BCUT2D eigenvalue weighted by Crippen LogP contribution is -2.29. The van der Waals surface area contributed by atoms with Crippen molar-refractivity contribution in [1.82, 2.24) is 5.43 Å². The van der Waals surface area contributed by atoms with Crippen LogP contribution in [0, 0.1) is 6.92 Å². The molecule has 3 nitrogen and oxygen atoms in total. The molecule has 1 aromatic heterocycles. The Morgan fingerprint density at radius 3 is 2.78 bits per heavy atom. The molecule has 0 radical (unpaired) electrons. The highest BCUT2D eigenvalue weighted by atomic mass is 32.1. The molecule has 0 aliphatic carbocycles. The van der Waals surface area contributed by atoms with E-state index in [9.17, 15) is 0 Å². The monoisotopic (exact) mass is 262 g/mol. The number of nitrogens with one attached hydrogen (secondary N) is 1. The Kier molecular flexibility index (Phi) is 4.36. The summed E-state index contributed by atoms with van der Waals surface area (Å²) in [5, 5.41) is 2.02. The summed E-state index contributed by atoms with van der Waals surface area (Å²) in [6, 6.07) is 10.4. The fourth-order valence-corrected chi connectivity index (χ4v) is 2.94. The summed E-state index contributed by atoms with van der Waals surface area (Å²) < 4.78 is 5.35. The first-order chi connectivity index (χ1) is 8.76. The van der Waals surface area contributed by atoms with Crippen LogP contribution in [0.4, 0.5) is 0 Å². The van der Waals surface area contributed by atoms with E-state index in [2.05, 4.69) is 36.6 Å². The minimum Gasteiger partial charge on any atom is -0.496 e. The maximum absolute atomic E-state index is 5.69. The van der Waals surface area contributed by atoms with Gasteiger partial charge in [0.25, 0.3) is 0 Å². The van der Waals surface area contributed by atoms with Crippen LogP contribution in [0.3, 0.4) is 0 Å². The molecule has 2 rings (SSSR count). The van der Waals surface area contributed by atoms with Crippen molar-refractivity contribution in [3.8, 4) is 5.75 Å². The molecule has 0 fully saturated rings. The van der Waals surface area contributed by atoms with Gasteiger partial charge in [0.05, 0.1) is 18.0 Å². The number of hydrazine groups is 1. The van der Waals surface area contributed by atoms with E-state index in [1.54, 1.807) is 18.4 Å². The molecule has 1 atom stereocenters. The molecule has 1 aromatic carbocycles. The highest BCUT2D eigenvalue weighted by Crippen LogP contribution is 2.32. The molecular weight excluding hydrogens is 244 g/mol. The van der Waals surface area contributed by atoms with E-state index in [4.69, 9.17) is 10.6 Å². The predicted molar refractivity (Wildman–Crippen MR) is 75.8 cm³/mol. The molecule has 1 unspecified atom stereocenters. The van der Waals surface area contributed by atoms with Crippen LogP contribution in [0.5, 0.6) is 5.75 Å². The van der Waals surface area contributed by atoms with Crippen LogP contribution < -0.4 is 16.0 Å². The zero-order valence-corrected chi connectivity index (χ0v) is 11.5. The van der Waals surface area contributed by atoms with E-state index in [-0.39, 0.29) is 6.04 Å². The number of benzene rings is 1. The lowest BCUT2D eigenvalue weighted by molar-refractivity contribution is 0.403. The lowest BCUT2D eigenvalue weighted by Gasteiger charge is -2.17. The van der Waals surface area contributed by atoms with Gasteiger partial charge in [0.15, 0.2) is 0 Å². The fraction of sp³-hybridized carbons (Fsp3) is 0.286. The summed E-state index contributed by atoms with van der Waals surface area (Å²) in [6.07, 6.45) is 0.861. The SMILES string of the molecule is COc1ccsc1C(Cc1ccccc1C)NN. The summed E-state index contributed by atoms with van der Waals surface area (Å²) in [7, 11) is 1.69. The number of rotatable bonds is 5. The van der Waals surface area contributed by atoms with Gasteiger partial charge in [0.1, 0.15) is 5.75 Å². The van der Waals surface area contributed by atoms with Crippen molar-refractivity contribution >= 4 is 11.3 Å². The van der Waals surface area contributed by atoms with Crippen LogP contribution in [0.25, 0.3) is 0 Å². The maximum Gasteiger partial charge on any atom is 0.134 e. The van der Waals surface area contributed by atoms with Crippen LogP contribution in [0.15, 0.2) is 35.7 Å². The average molecular weight is 262 g/mol. The summed E-state index contributed by atoms with van der Waals surface area (Å²) in [5.74, 6) is 6.59. The summed E-state index contributed by atoms with van der Waals surface area (Å²) in [6.45, 7) is 2.12. The van der Waals surface area contributed by atoms with E-state index < -0.39 is 0 Å². The Hall–Kier alpha value is -1.36. The van der Waals surface area contributed by atoms with Crippen LogP contribution in [-0.4, -0.2) is 7.11 Å². The van der Waals surface area contributed by atoms with Crippen molar-refractivity contribution in [2.45, 2.75) is 19.4 Å². The normalized spacial score (nSPS) is 12.4. The van der Waals surface area contributed by atoms with Crippen LogP contribution >= 0.6 is 11.3 Å². The molecule has 0 saturated carbocycles. The molecule has 3 N–H and O–H groups in total. The van der Waals surface area contributed by atoms with Gasteiger partial charge in [-0.2, -0.15) is 0 Å². The van der Waals surface area contributed by atoms with Gasteiger partial charge in [-0.3, -0.25) is 11.3 Å². The first-order valence-electron chi connectivity index (χ1n) is 5.88. The number of nitrogens with two attached hydrogens (primary N) is 1. The second-order valence-electron chi connectivity index (χ2n) is 4.20. The van der Waals surface area contributed by atoms with Crippen molar-refractivity contribution < 1.29 is 4.74 Å². The number of hydrogen-bond donors (Lipinski definition) is 2. The number of ether oxygens (including phenoxy) is 1. The van der Waals surface area contributed by atoms with Crippen LogP contribution in [-0.2, 0) is 6.42 Å². The highest BCUT2D eigenvalue weighted by molar-refractivity contribution is 7.10. The van der Waals surface area contributed by atoms with E-state index >= 15 is 0 Å². The average Bonchev–Trinajstić information content (AvgIpc) is 2.86. The zero-order valence-electron chi connectivity index (χ0n) is 10.6. The Morgan fingerprint density at radius 1 is 1.33 bits per heavy atom. The Bertz CT molecular complexity index is 510. The summed E-state index contributed by atoms with van der Waals surface area (Å²) >= 11 is 1.66. The Labute approximate surface area is 112 Å². The molecule has 18 heavy (non-hydrogen) atoms. The molecular formula is C14H18N2OS. The van der Waals surface area contributed by atoms with E-state index in [0.29, 0.717) is 0 Å².